The maximum atomic E-state index is 12.6. The molecule has 3 N–H and O–H groups in total. The molecule has 5 nitrogen and oxygen atoms in total. The first-order valence-corrected chi connectivity index (χ1v) is 7.50. The summed E-state index contributed by atoms with van der Waals surface area (Å²) in [5.74, 6) is 0.0763. The molecule has 0 spiro atoms. The highest BCUT2D eigenvalue weighted by Gasteiger charge is 2.27. The number of nitrogens with zero attached hydrogens (tertiary/aromatic N) is 2. The number of carbonyl (C=O) groups is 1. The van der Waals surface area contributed by atoms with Gasteiger partial charge >= 0.3 is 0 Å². The van der Waals surface area contributed by atoms with Gasteiger partial charge in [-0.15, -0.1) is 0 Å². The highest BCUT2D eigenvalue weighted by molar-refractivity contribution is 5.98. The molecule has 21 heavy (non-hydrogen) atoms. The number of aromatic nitrogens is 1. The zero-order valence-corrected chi connectivity index (χ0v) is 12.6. The van der Waals surface area contributed by atoms with Crippen molar-refractivity contribution in [3.8, 4) is 0 Å². The summed E-state index contributed by atoms with van der Waals surface area (Å²) in [6.45, 7) is 7.88. The molecule has 1 aliphatic heterocycles. The Hall–Kier alpha value is -2.01. The van der Waals surface area contributed by atoms with Crippen molar-refractivity contribution in [3.05, 3.63) is 30.0 Å². The van der Waals surface area contributed by atoms with Crippen molar-refractivity contribution in [1.29, 1.82) is 0 Å². The van der Waals surface area contributed by atoms with Crippen LogP contribution in [0.3, 0.4) is 0 Å². The Bertz CT molecular complexity index is 663. The maximum Gasteiger partial charge on any atom is 0.270 e. The number of carbonyl (C=O) groups excluding carboxylic acids is 1. The van der Waals surface area contributed by atoms with Gasteiger partial charge in [-0.2, -0.15) is 0 Å². The van der Waals surface area contributed by atoms with E-state index in [1.54, 1.807) is 0 Å². The first kappa shape index (κ1) is 13.9. The van der Waals surface area contributed by atoms with Gasteiger partial charge in [0.05, 0.1) is 0 Å². The molecule has 1 saturated heterocycles. The molecule has 0 saturated carbocycles. The van der Waals surface area contributed by atoms with Gasteiger partial charge in [-0.25, -0.2) is 0 Å². The van der Waals surface area contributed by atoms with Gasteiger partial charge in [-0.3, -0.25) is 9.69 Å². The predicted octanol–water partition coefficient (Wildman–Crippen LogP) is 1.92. The van der Waals surface area contributed by atoms with Crippen LogP contribution in [0.25, 0.3) is 10.9 Å². The van der Waals surface area contributed by atoms with E-state index in [9.17, 15) is 4.79 Å². The number of nitrogens with one attached hydrogen (secondary N) is 1. The third kappa shape index (κ3) is 2.61. The summed E-state index contributed by atoms with van der Waals surface area (Å²) >= 11 is 0. The lowest BCUT2D eigenvalue weighted by atomic mass is 10.1. The molecule has 1 aromatic carbocycles. The van der Waals surface area contributed by atoms with Crippen LogP contribution in [0.2, 0.25) is 0 Å². The minimum atomic E-state index is 0.0763. The second-order valence-electron chi connectivity index (χ2n) is 5.76. The molecule has 1 atom stereocenters. The van der Waals surface area contributed by atoms with Crippen LogP contribution in [0, 0.1) is 0 Å². The van der Waals surface area contributed by atoms with Gasteiger partial charge in [-0.05, 0) is 37.7 Å². The molecule has 1 unspecified atom stereocenters. The average molecular weight is 286 g/mol. The quantitative estimate of drug-likeness (QED) is 0.829. The summed E-state index contributed by atoms with van der Waals surface area (Å²) in [5, 5.41) is 0.985. The molecule has 1 amide bonds. The summed E-state index contributed by atoms with van der Waals surface area (Å²) in [6, 6.07) is 7.95. The number of benzene rings is 1. The normalized spacial score (nSPS) is 20.1. The highest BCUT2D eigenvalue weighted by atomic mass is 16.2. The lowest BCUT2D eigenvalue weighted by molar-refractivity contribution is 0.0524. The minimum Gasteiger partial charge on any atom is -0.399 e. The second-order valence-corrected chi connectivity index (χ2v) is 5.76. The van der Waals surface area contributed by atoms with Crippen molar-refractivity contribution in [3.63, 3.8) is 0 Å². The Morgan fingerprint density at radius 1 is 1.38 bits per heavy atom. The van der Waals surface area contributed by atoms with Crippen molar-refractivity contribution in [2.24, 2.45) is 0 Å². The Morgan fingerprint density at radius 3 is 2.90 bits per heavy atom. The van der Waals surface area contributed by atoms with Crippen molar-refractivity contribution in [2.45, 2.75) is 19.9 Å². The van der Waals surface area contributed by atoms with Gasteiger partial charge in [0.2, 0.25) is 0 Å². The summed E-state index contributed by atoms with van der Waals surface area (Å²) in [6.07, 6.45) is 0. The third-order valence-electron chi connectivity index (χ3n) is 4.33. The fourth-order valence-electron chi connectivity index (χ4n) is 3.09. The number of H-pyrrole nitrogens is 1. The average Bonchev–Trinajstić information content (AvgIpc) is 2.89. The molecular formula is C16H22N4O. The van der Waals surface area contributed by atoms with E-state index in [-0.39, 0.29) is 5.91 Å². The Kier molecular flexibility index (Phi) is 3.59. The van der Waals surface area contributed by atoms with E-state index in [2.05, 4.69) is 23.7 Å². The number of rotatable bonds is 2. The Morgan fingerprint density at radius 2 is 2.19 bits per heavy atom. The Balaban J connectivity index is 1.80. The number of hydrogen-bond acceptors (Lipinski definition) is 3. The monoisotopic (exact) mass is 286 g/mol. The van der Waals surface area contributed by atoms with Gasteiger partial charge in [-0.1, -0.05) is 6.92 Å². The molecule has 0 aliphatic carbocycles. The fraction of sp³-hybridized carbons (Fsp3) is 0.438. The van der Waals surface area contributed by atoms with Crippen LogP contribution in [0.1, 0.15) is 24.3 Å². The van der Waals surface area contributed by atoms with E-state index < -0.39 is 0 Å². The van der Waals surface area contributed by atoms with E-state index in [0.29, 0.717) is 17.4 Å². The van der Waals surface area contributed by atoms with E-state index in [0.717, 1.165) is 37.1 Å². The molecule has 0 bridgehead atoms. The number of fused-ring (bicyclic) bond motifs is 1. The molecule has 1 aliphatic rings. The predicted molar refractivity (Wildman–Crippen MR) is 85.3 cm³/mol. The number of nitrogen functional groups attached to an aromatic ring is 1. The highest BCUT2D eigenvalue weighted by Crippen LogP contribution is 2.20. The summed E-state index contributed by atoms with van der Waals surface area (Å²) < 4.78 is 0. The number of piperazine rings is 1. The zero-order chi connectivity index (χ0) is 15.0. The lowest BCUT2D eigenvalue weighted by Gasteiger charge is -2.39. The van der Waals surface area contributed by atoms with Crippen LogP contribution in [-0.4, -0.2) is 52.9 Å². The number of hydrogen-bond donors (Lipinski definition) is 2. The van der Waals surface area contributed by atoms with Crippen molar-refractivity contribution >= 4 is 22.5 Å². The number of nitrogens with two attached hydrogens (primary N) is 1. The second kappa shape index (κ2) is 5.41. The number of anilines is 1. The minimum absolute atomic E-state index is 0.0763. The summed E-state index contributed by atoms with van der Waals surface area (Å²) in [5.41, 5.74) is 8.10. The van der Waals surface area contributed by atoms with Crippen molar-refractivity contribution < 1.29 is 4.79 Å². The fourth-order valence-corrected chi connectivity index (χ4v) is 3.09. The van der Waals surface area contributed by atoms with Crippen molar-refractivity contribution in [1.82, 2.24) is 14.8 Å². The van der Waals surface area contributed by atoms with Crippen LogP contribution in [0.4, 0.5) is 5.69 Å². The van der Waals surface area contributed by atoms with Crippen LogP contribution >= 0.6 is 0 Å². The SMILES string of the molecule is CCN1CCN(C(=O)c2cc3cc(N)ccc3[nH]2)CC1C. The van der Waals surface area contributed by atoms with Crippen LogP contribution in [0.15, 0.2) is 24.3 Å². The number of amides is 1. The lowest BCUT2D eigenvalue weighted by Crippen LogP contribution is -2.53. The van der Waals surface area contributed by atoms with Gasteiger partial charge in [0.15, 0.2) is 0 Å². The zero-order valence-electron chi connectivity index (χ0n) is 12.6. The Labute approximate surface area is 124 Å². The van der Waals surface area contributed by atoms with E-state index in [1.165, 1.54) is 0 Å². The van der Waals surface area contributed by atoms with Crippen LogP contribution < -0.4 is 5.73 Å². The smallest absolute Gasteiger partial charge is 0.270 e. The molecule has 3 rings (SSSR count). The summed E-state index contributed by atoms with van der Waals surface area (Å²) in [7, 11) is 0. The van der Waals surface area contributed by atoms with Crippen LogP contribution in [-0.2, 0) is 0 Å². The van der Waals surface area contributed by atoms with Gasteiger partial charge in [0, 0.05) is 42.3 Å². The third-order valence-corrected chi connectivity index (χ3v) is 4.33. The molecule has 112 valence electrons. The van der Waals surface area contributed by atoms with E-state index in [1.807, 2.05) is 29.2 Å². The molecule has 2 heterocycles. The van der Waals surface area contributed by atoms with Crippen LogP contribution in [0.5, 0.6) is 0 Å². The standard InChI is InChI=1S/C16H22N4O/c1-3-19-6-7-20(10-11(19)2)16(21)15-9-12-8-13(17)4-5-14(12)18-15/h4-5,8-9,11,18H,3,6-7,10,17H2,1-2H3. The van der Waals surface area contributed by atoms with Gasteiger partial charge < -0.3 is 15.6 Å². The first-order chi connectivity index (χ1) is 10.1. The van der Waals surface area contributed by atoms with E-state index >= 15 is 0 Å². The molecule has 2 aromatic rings. The van der Waals surface area contributed by atoms with Gasteiger partial charge in [0.1, 0.15) is 5.69 Å². The van der Waals surface area contributed by atoms with E-state index in [4.69, 9.17) is 5.73 Å². The summed E-state index contributed by atoms with van der Waals surface area (Å²) in [4.78, 5) is 20.2. The maximum absolute atomic E-state index is 12.6. The first-order valence-electron chi connectivity index (χ1n) is 7.50. The van der Waals surface area contributed by atoms with Crippen molar-refractivity contribution in [2.75, 3.05) is 31.9 Å². The number of aromatic amines is 1. The van der Waals surface area contributed by atoms with Gasteiger partial charge in [0.25, 0.3) is 5.91 Å². The molecule has 1 fully saturated rings. The number of likely N-dealkylation sites (N-methyl/N-ethyl adjacent to an activating group) is 1. The molecule has 5 heteroatoms. The molecule has 1 aromatic heterocycles. The molecule has 0 radical (unpaired) electrons. The topological polar surface area (TPSA) is 65.4 Å². The molecular weight excluding hydrogens is 264 g/mol. The largest absolute Gasteiger partial charge is 0.399 e.